The average molecular weight is 448 g/mol. The first-order chi connectivity index (χ1) is 15.6. The predicted octanol–water partition coefficient (Wildman–Crippen LogP) is 4.89. The number of nitrogens with one attached hydrogen (secondary N) is 1. The Bertz CT molecular complexity index is 1300. The number of para-hydroxylation sites is 2. The Morgan fingerprint density at radius 3 is 2.78 bits per heavy atom. The molecule has 1 unspecified atom stereocenters. The summed E-state index contributed by atoms with van der Waals surface area (Å²) in [4.78, 5) is 17.9. The Morgan fingerprint density at radius 2 is 1.91 bits per heavy atom. The van der Waals surface area contributed by atoms with Gasteiger partial charge in [-0.3, -0.25) is 4.79 Å². The second kappa shape index (κ2) is 8.55. The molecule has 4 aromatic rings. The largest absolute Gasteiger partial charge is 0.454 e. The number of hydrogen-bond acceptors (Lipinski definition) is 4. The summed E-state index contributed by atoms with van der Waals surface area (Å²) < 4.78 is 12.8. The van der Waals surface area contributed by atoms with Gasteiger partial charge in [0.1, 0.15) is 11.9 Å². The van der Waals surface area contributed by atoms with Crippen LogP contribution in [0.25, 0.3) is 11.0 Å². The van der Waals surface area contributed by atoms with Gasteiger partial charge in [0.25, 0.3) is 0 Å². The lowest BCUT2D eigenvalue weighted by Crippen LogP contribution is -2.31. The first kappa shape index (κ1) is 20.4. The van der Waals surface area contributed by atoms with Gasteiger partial charge in [-0.05, 0) is 54.4 Å². The Kier molecular flexibility index (Phi) is 5.45. The number of hydrogen-bond donors (Lipinski definition) is 1. The highest BCUT2D eigenvalue weighted by Crippen LogP contribution is 2.32. The molecule has 32 heavy (non-hydrogen) atoms. The van der Waals surface area contributed by atoms with Crippen molar-refractivity contribution < 1.29 is 14.3 Å². The maximum atomic E-state index is 13.1. The summed E-state index contributed by atoms with van der Waals surface area (Å²) >= 11 is 6.17. The van der Waals surface area contributed by atoms with Crippen LogP contribution in [0.1, 0.15) is 29.9 Å². The first-order valence-electron chi connectivity index (χ1n) is 10.4. The van der Waals surface area contributed by atoms with E-state index in [1.807, 2.05) is 78.2 Å². The highest BCUT2D eigenvalue weighted by Gasteiger charge is 2.22. The number of benzene rings is 3. The molecule has 0 radical (unpaired) electrons. The SMILES string of the molecule is CC(C(=O)NCc1ccc2c(c1)OCO2)n1c(Cc2cccc(Cl)c2)nc2ccccc21. The molecule has 0 bridgehead atoms. The van der Waals surface area contributed by atoms with Crippen molar-refractivity contribution in [3.8, 4) is 11.5 Å². The van der Waals surface area contributed by atoms with Crippen LogP contribution in [0.5, 0.6) is 11.5 Å². The van der Waals surface area contributed by atoms with Crippen LogP contribution >= 0.6 is 11.6 Å². The van der Waals surface area contributed by atoms with Crippen LogP contribution < -0.4 is 14.8 Å². The molecule has 3 aromatic carbocycles. The minimum absolute atomic E-state index is 0.0850. The van der Waals surface area contributed by atoms with E-state index in [0.29, 0.717) is 23.7 Å². The third kappa shape index (κ3) is 4.01. The summed E-state index contributed by atoms with van der Waals surface area (Å²) in [5.41, 5.74) is 3.78. The average Bonchev–Trinajstić information content (AvgIpc) is 3.40. The van der Waals surface area contributed by atoms with E-state index in [1.54, 1.807) is 0 Å². The lowest BCUT2D eigenvalue weighted by molar-refractivity contribution is -0.124. The fourth-order valence-corrected chi connectivity index (χ4v) is 4.20. The van der Waals surface area contributed by atoms with Crippen LogP contribution in [0.4, 0.5) is 0 Å². The molecular formula is C25H22ClN3O3. The number of nitrogens with zero attached hydrogens (tertiary/aromatic N) is 2. The molecule has 1 aliphatic rings. The van der Waals surface area contributed by atoms with Crippen molar-refractivity contribution in [2.24, 2.45) is 0 Å². The molecule has 6 nitrogen and oxygen atoms in total. The smallest absolute Gasteiger partial charge is 0.243 e. The third-order valence-electron chi connectivity index (χ3n) is 5.59. The lowest BCUT2D eigenvalue weighted by atomic mass is 10.1. The van der Waals surface area contributed by atoms with Gasteiger partial charge in [-0.15, -0.1) is 0 Å². The lowest BCUT2D eigenvalue weighted by Gasteiger charge is -2.18. The molecule has 0 saturated heterocycles. The molecule has 2 heterocycles. The van der Waals surface area contributed by atoms with Crippen molar-refractivity contribution in [3.05, 3.63) is 88.7 Å². The Balaban J connectivity index is 1.39. The molecular weight excluding hydrogens is 426 g/mol. The molecule has 1 atom stereocenters. The number of carbonyl (C=O) groups excluding carboxylic acids is 1. The van der Waals surface area contributed by atoms with Gasteiger partial charge in [-0.25, -0.2) is 4.98 Å². The van der Waals surface area contributed by atoms with Gasteiger partial charge < -0.3 is 19.4 Å². The van der Waals surface area contributed by atoms with E-state index in [1.165, 1.54) is 0 Å². The second-order valence-electron chi connectivity index (χ2n) is 7.77. The molecule has 0 fully saturated rings. The van der Waals surface area contributed by atoms with Crippen molar-refractivity contribution in [1.29, 1.82) is 0 Å². The molecule has 0 aliphatic carbocycles. The Hall–Kier alpha value is -3.51. The van der Waals surface area contributed by atoms with Crippen molar-refractivity contribution in [1.82, 2.24) is 14.9 Å². The quantitative estimate of drug-likeness (QED) is 0.457. The van der Waals surface area contributed by atoms with E-state index in [9.17, 15) is 4.79 Å². The number of aromatic nitrogens is 2. The van der Waals surface area contributed by atoms with Crippen LogP contribution in [-0.2, 0) is 17.8 Å². The molecule has 0 spiro atoms. The number of halogens is 1. The summed E-state index contributed by atoms with van der Waals surface area (Å²) in [5.74, 6) is 2.16. The molecule has 1 aromatic heterocycles. The van der Waals surface area contributed by atoms with Crippen molar-refractivity contribution in [3.63, 3.8) is 0 Å². The summed E-state index contributed by atoms with van der Waals surface area (Å²) in [6.07, 6.45) is 0.578. The number of ether oxygens (including phenoxy) is 2. The van der Waals surface area contributed by atoms with Crippen LogP contribution in [0.15, 0.2) is 66.7 Å². The molecule has 7 heteroatoms. The van der Waals surface area contributed by atoms with Gasteiger partial charge in [0.2, 0.25) is 12.7 Å². The molecule has 162 valence electrons. The summed E-state index contributed by atoms with van der Waals surface area (Å²) in [7, 11) is 0. The topological polar surface area (TPSA) is 65.4 Å². The fraction of sp³-hybridized carbons (Fsp3) is 0.200. The molecule has 1 aliphatic heterocycles. The maximum Gasteiger partial charge on any atom is 0.243 e. The van der Waals surface area contributed by atoms with Crippen LogP contribution in [0.3, 0.4) is 0 Å². The zero-order chi connectivity index (χ0) is 22.1. The van der Waals surface area contributed by atoms with Gasteiger partial charge in [0.15, 0.2) is 11.5 Å². The summed E-state index contributed by atoms with van der Waals surface area (Å²) in [6, 6.07) is 20.8. The van der Waals surface area contributed by atoms with Crippen LogP contribution in [0.2, 0.25) is 5.02 Å². The van der Waals surface area contributed by atoms with Gasteiger partial charge in [0, 0.05) is 18.0 Å². The maximum absolute atomic E-state index is 13.1. The zero-order valence-electron chi connectivity index (χ0n) is 17.5. The van der Waals surface area contributed by atoms with E-state index < -0.39 is 6.04 Å². The highest BCUT2D eigenvalue weighted by atomic mass is 35.5. The molecule has 1 N–H and O–H groups in total. The number of amides is 1. The molecule has 1 amide bonds. The Morgan fingerprint density at radius 1 is 1.06 bits per heavy atom. The Labute approximate surface area is 190 Å². The summed E-state index contributed by atoms with van der Waals surface area (Å²) in [6.45, 7) is 2.52. The van der Waals surface area contributed by atoms with E-state index >= 15 is 0 Å². The van der Waals surface area contributed by atoms with Crippen molar-refractivity contribution >= 4 is 28.5 Å². The number of fused-ring (bicyclic) bond motifs is 2. The van der Waals surface area contributed by atoms with Gasteiger partial charge in [-0.1, -0.05) is 41.9 Å². The van der Waals surface area contributed by atoms with Gasteiger partial charge >= 0.3 is 0 Å². The minimum Gasteiger partial charge on any atom is -0.454 e. The fourth-order valence-electron chi connectivity index (χ4n) is 3.99. The van der Waals surface area contributed by atoms with Crippen molar-refractivity contribution in [2.45, 2.75) is 25.9 Å². The third-order valence-corrected chi connectivity index (χ3v) is 5.83. The van der Waals surface area contributed by atoms with Crippen molar-refractivity contribution in [2.75, 3.05) is 6.79 Å². The standard InChI is InChI=1S/C25H22ClN3O3/c1-16(25(30)27-14-18-9-10-22-23(12-18)32-15-31-22)29-21-8-3-2-7-20(21)28-24(29)13-17-5-4-6-19(26)11-17/h2-12,16H,13-15H2,1H3,(H,27,30). The minimum atomic E-state index is -0.439. The molecule has 0 saturated carbocycles. The monoisotopic (exact) mass is 447 g/mol. The number of rotatable bonds is 6. The number of imidazole rings is 1. The first-order valence-corrected chi connectivity index (χ1v) is 10.8. The molecule has 5 rings (SSSR count). The van der Waals surface area contributed by atoms with E-state index in [4.69, 9.17) is 26.1 Å². The zero-order valence-corrected chi connectivity index (χ0v) is 18.3. The predicted molar refractivity (Wildman–Crippen MR) is 123 cm³/mol. The van der Waals surface area contributed by atoms with Gasteiger partial charge in [-0.2, -0.15) is 0 Å². The normalized spacial score (nSPS) is 13.3. The van der Waals surface area contributed by atoms with E-state index in [-0.39, 0.29) is 12.7 Å². The van der Waals surface area contributed by atoms with Gasteiger partial charge in [0.05, 0.1) is 11.0 Å². The van der Waals surface area contributed by atoms with E-state index in [2.05, 4.69) is 5.32 Å². The van der Waals surface area contributed by atoms with Crippen LogP contribution in [0, 0.1) is 0 Å². The van der Waals surface area contributed by atoms with Crippen LogP contribution in [-0.4, -0.2) is 22.3 Å². The second-order valence-corrected chi connectivity index (χ2v) is 8.21. The summed E-state index contributed by atoms with van der Waals surface area (Å²) in [5, 5.41) is 3.72. The number of carbonyl (C=O) groups is 1. The van der Waals surface area contributed by atoms with E-state index in [0.717, 1.165) is 33.7 Å². The highest BCUT2D eigenvalue weighted by molar-refractivity contribution is 6.30.